The first-order chi connectivity index (χ1) is 15.3. The van der Waals surface area contributed by atoms with E-state index in [0.29, 0.717) is 16.7 Å². The second-order valence-electron chi connectivity index (χ2n) is 7.36. The molecule has 4 rings (SSSR count). The number of benzene rings is 3. The molecule has 3 aromatic carbocycles. The summed E-state index contributed by atoms with van der Waals surface area (Å²) < 4.78 is 41.2. The average molecular weight is 437 g/mol. The van der Waals surface area contributed by atoms with E-state index in [1.807, 2.05) is 31.1 Å². The van der Waals surface area contributed by atoms with Crippen LogP contribution in [0.1, 0.15) is 5.56 Å². The second kappa shape index (κ2) is 8.22. The number of hydrogen-bond acceptors (Lipinski definition) is 4. The fourth-order valence-electron chi connectivity index (χ4n) is 3.40. The van der Waals surface area contributed by atoms with Crippen molar-refractivity contribution in [2.45, 2.75) is 0 Å². The normalized spacial score (nSPS) is 13.7. The zero-order valence-electron chi connectivity index (χ0n) is 17.2. The molecule has 3 aromatic rings. The third-order valence-corrected chi connectivity index (χ3v) is 5.02. The van der Waals surface area contributed by atoms with E-state index < -0.39 is 29.3 Å². The van der Waals surface area contributed by atoms with Crippen LogP contribution < -0.4 is 15.1 Å². The molecule has 0 saturated heterocycles. The lowest BCUT2D eigenvalue weighted by atomic mass is 10.0. The first kappa shape index (κ1) is 21.2. The lowest BCUT2D eigenvalue weighted by molar-refractivity contribution is -0.120. The summed E-state index contributed by atoms with van der Waals surface area (Å²) in [7, 11) is 3.76. The number of nitrogens with zero attached hydrogens (tertiary/aromatic N) is 2. The molecular weight excluding hydrogens is 419 g/mol. The number of carbonyl (C=O) groups excluding carboxylic acids is 2. The topological polar surface area (TPSA) is 52.7 Å². The van der Waals surface area contributed by atoms with Crippen LogP contribution in [0.4, 0.5) is 30.2 Å². The van der Waals surface area contributed by atoms with Gasteiger partial charge < -0.3 is 10.2 Å². The zero-order valence-corrected chi connectivity index (χ0v) is 17.2. The van der Waals surface area contributed by atoms with Crippen molar-refractivity contribution in [3.05, 3.63) is 95.4 Å². The van der Waals surface area contributed by atoms with E-state index in [-0.39, 0.29) is 22.5 Å². The van der Waals surface area contributed by atoms with Crippen LogP contribution in [-0.2, 0) is 9.59 Å². The molecule has 1 heterocycles. The van der Waals surface area contributed by atoms with Gasteiger partial charge in [-0.05, 0) is 54.1 Å². The maximum Gasteiger partial charge on any atom is 0.282 e. The highest BCUT2D eigenvalue weighted by molar-refractivity contribution is 6.46. The molecule has 5 nitrogen and oxygen atoms in total. The predicted octanol–water partition coefficient (Wildman–Crippen LogP) is 4.57. The lowest BCUT2D eigenvalue weighted by Crippen LogP contribution is -2.33. The minimum atomic E-state index is -1.05. The van der Waals surface area contributed by atoms with Gasteiger partial charge >= 0.3 is 0 Å². The molecule has 0 bridgehead atoms. The van der Waals surface area contributed by atoms with E-state index in [4.69, 9.17) is 0 Å². The third-order valence-electron chi connectivity index (χ3n) is 5.02. The molecule has 0 radical (unpaired) electrons. The second-order valence-corrected chi connectivity index (χ2v) is 7.36. The van der Waals surface area contributed by atoms with Crippen LogP contribution in [0.25, 0.3) is 5.57 Å². The van der Waals surface area contributed by atoms with Crippen LogP contribution in [0.2, 0.25) is 0 Å². The van der Waals surface area contributed by atoms with Crippen molar-refractivity contribution in [3.8, 4) is 0 Å². The van der Waals surface area contributed by atoms with Crippen LogP contribution in [0, 0.1) is 17.5 Å². The molecule has 8 heteroatoms. The van der Waals surface area contributed by atoms with Gasteiger partial charge in [0.1, 0.15) is 23.1 Å². The summed E-state index contributed by atoms with van der Waals surface area (Å²) in [6.45, 7) is 0. The summed E-state index contributed by atoms with van der Waals surface area (Å²) in [6.07, 6.45) is 0. The molecule has 1 aliphatic heterocycles. The van der Waals surface area contributed by atoms with Crippen molar-refractivity contribution in [1.29, 1.82) is 0 Å². The number of carbonyl (C=O) groups is 2. The summed E-state index contributed by atoms with van der Waals surface area (Å²) in [5.41, 5.74) is 1.21. The van der Waals surface area contributed by atoms with Gasteiger partial charge in [-0.25, -0.2) is 18.1 Å². The number of halogens is 3. The predicted molar refractivity (Wildman–Crippen MR) is 117 cm³/mol. The molecule has 2 amide bonds. The lowest BCUT2D eigenvalue weighted by Gasteiger charge is -2.16. The summed E-state index contributed by atoms with van der Waals surface area (Å²) >= 11 is 0. The minimum Gasteiger partial charge on any atom is -0.378 e. The average Bonchev–Trinajstić information content (AvgIpc) is 2.99. The molecule has 0 aliphatic carbocycles. The van der Waals surface area contributed by atoms with E-state index in [2.05, 4.69) is 5.32 Å². The standard InChI is InChI=1S/C24H18F3N3O2/c1-29(2)18-10-8-17(9-11-18)28-22-21(14-3-5-15(25)6-4-14)23(31)30(24(22)32)20-12-7-16(26)13-19(20)27/h3-13,28H,1-2H3. The Bertz CT molecular complexity index is 1240. The summed E-state index contributed by atoms with van der Waals surface area (Å²) in [4.78, 5) is 29.0. The summed E-state index contributed by atoms with van der Waals surface area (Å²) in [6, 6.07) is 14.7. The molecule has 32 heavy (non-hydrogen) atoms. The zero-order chi connectivity index (χ0) is 23.0. The van der Waals surface area contributed by atoms with Gasteiger partial charge in [-0.15, -0.1) is 0 Å². The minimum absolute atomic E-state index is 0.0459. The first-order valence-corrected chi connectivity index (χ1v) is 9.64. The van der Waals surface area contributed by atoms with Gasteiger partial charge in [-0.2, -0.15) is 0 Å². The first-order valence-electron chi connectivity index (χ1n) is 9.64. The Labute approximate surface area is 182 Å². The summed E-state index contributed by atoms with van der Waals surface area (Å²) in [5.74, 6) is -4.02. The van der Waals surface area contributed by atoms with Crippen LogP contribution in [0.3, 0.4) is 0 Å². The molecule has 0 atom stereocenters. The number of hydrogen-bond donors (Lipinski definition) is 1. The molecular formula is C24H18F3N3O2. The van der Waals surface area contributed by atoms with Crippen molar-refractivity contribution < 1.29 is 22.8 Å². The van der Waals surface area contributed by atoms with E-state index in [9.17, 15) is 22.8 Å². The van der Waals surface area contributed by atoms with Crippen molar-refractivity contribution >= 4 is 34.4 Å². The fourth-order valence-corrected chi connectivity index (χ4v) is 3.40. The Morgan fingerprint density at radius 3 is 2.00 bits per heavy atom. The van der Waals surface area contributed by atoms with Gasteiger partial charge in [0.05, 0.1) is 11.3 Å². The van der Waals surface area contributed by atoms with Crippen LogP contribution in [0.15, 0.2) is 72.4 Å². The Morgan fingerprint density at radius 1 is 0.781 bits per heavy atom. The largest absolute Gasteiger partial charge is 0.378 e. The van der Waals surface area contributed by atoms with Crippen LogP contribution >= 0.6 is 0 Å². The van der Waals surface area contributed by atoms with Crippen molar-refractivity contribution in [1.82, 2.24) is 0 Å². The highest BCUT2D eigenvalue weighted by Gasteiger charge is 2.41. The number of rotatable bonds is 5. The van der Waals surface area contributed by atoms with E-state index in [0.717, 1.165) is 30.0 Å². The maximum atomic E-state index is 14.4. The number of amides is 2. The Morgan fingerprint density at radius 2 is 1.41 bits per heavy atom. The molecule has 0 spiro atoms. The fraction of sp³-hybridized carbons (Fsp3) is 0.0833. The molecule has 162 valence electrons. The van der Waals surface area contributed by atoms with Gasteiger partial charge in [-0.3, -0.25) is 9.59 Å². The van der Waals surface area contributed by atoms with E-state index in [1.165, 1.54) is 12.1 Å². The van der Waals surface area contributed by atoms with Crippen LogP contribution in [0.5, 0.6) is 0 Å². The van der Waals surface area contributed by atoms with Crippen LogP contribution in [-0.4, -0.2) is 25.9 Å². The maximum absolute atomic E-state index is 14.4. The van der Waals surface area contributed by atoms with Gasteiger partial charge in [0.15, 0.2) is 0 Å². The quantitative estimate of drug-likeness (QED) is 0.595. The number of anilines is 3. The highest BCUT2D eigenvalue weighted by atomic mass is 19.1. The van der Waals surface area contributed by atoms with Gasteiger partial charge in [0.25, 0.3) is 11.8 Å². The van der Waals surface area contributed by atoms with Gasteiger partial charge in [0, 0.05) is 31.5 Å². The van der Waals surface area contributed by atoms with E-state index >= 15 is 0 Å². The Kier molecular flexibility index (Phi) is 5.44. The number of nitrogens with one attached hydrogen (secondary N) is 1. The SMILES string of the molecule is CN(C)c1ccc(NC2=C(c3ccc(F)cc3)C(=O)N(c3ccc(F)cc3F)C2=O)cc1. The Hall–Kier alpha value is -4.07. The van der Waals surface area contributed by atoms with Crippen molar-refractivity contribution in [3.63, 3.8) is 0 Å². The molecule has 0 aromatic heterocycles. The third kappa shape index (κ3) is 3.82. The molecule has 1 N–H and O–H groups in total. The van der Waals surface area contributed by atoms with E-state index in [1.54, 1.807) is 12.1 Å². The van der Waals surface area contributed by atoms with Gasteiger partial charge in [0.2, 0.25) is 0 Å². The highest BCUT2D eigenvalue weighted by Crippen LogP contribution is 2.35. The monoisotopic (exact) mass is 437 g/mol. The Balaban J connectivity index is 1.80. The van der Waals surface area contributed by atoms with Gasteiger partial charge in [-0.1, -0.05) is 12.1 Å². The summed E-state index contributed by atoms with van der Waals surface area (Å²) in [5, 5.41) is 2.94. The van der Waals surface area contributed by atoms with Crippen molar-refractivity contribution in [2.24, 2.45) is 0 Å². The smallest absolute Gasteiger partial charge is 0.282 e. The van der Waals surface area contributed by atoms with Crippen molar-refractivity contribution in [2.75, 3.05) is 29.2 Å². The number of imide groups is 1. The molecule has 1 aliphatic rings. The molecule has 0 saturated carbocycles. The molecule has 0 unspecified atom stereocenters. The molecule has 0 fully saturated rings.